The zero-order valence-corrected chi connectivity index (χ0v) is 15.6. The van der Waals surface area contributed by atoms with Crippen LogP contribution in [0.3, 0.4) is 0 Å². The van der Waals surface area contributed by atoms with Gasteiger partial charge in [0.1, 0.15) is 11.6 Å². The Labute approximate surface area is 152 Å². The monoisotopic (exact) mass is 383 g/mol. The topological polar surface area (TPSA) is 80.8 Å². The lowest BCUT2D eigenvalue weighted by Crippen LogP contribution is -2.41. The molecule has 26 heavy (non-hydrogen) atoms. The van der Waals surface area contributed by atoms with Gasteiger partial charge in [-0.15, -0.1) is 0 Å². The summed E-state index contributed by atoms with van der Waals surface area (Å²) in [5.74, 6) is -1.73. The van der Waals surface area contributed by atoms with Crippen molar-refractivity contribution >= 4 is 21.8 Å². The molecule has 1 aliphatic carbocycles. The van der Waals surface area contributed by atoms with Crippen LogP contribution in [0.2, 0.25) is 0 Å². The molecular formula is C18H22FNO5S. The van der Waals surface area contributed by atoms with E-state index in [0.29, 0.717) is 18.4 Å². The Morgan fingerprint density at radius 2 is 1.96 bits per heavy atom. The molecule has 0 amide bonds. The Balaban J connectivity index is 1.72. The normalized spacial score (nSPS) is 21.7. The lowest BCUT2D eigenvalue weighted by Gasteiger charge is -2.29. The van der Waals surface area contributed by atoms with Gasteiger partial charge in [-0.25, -0.2) is 17.1 Å². The molecule has 0 spiro atoms. The number of ketones is 1. The van der Waals surface area contributed by atoms with Crippen LogP contribution in [-0.4, -0.2) is 43.3 Å². The van der Waals surface area contributed by atoms with Crippen molar-refractivity contribution in [3.63, 3.8) is 0 Å². The fraction of sp³-hybridized carbons (Fsp3) is 0.556. The fourth-order valence-electron chi connectivity index (χ4n) is 3.65. The van der Waals surface area contributed by atoms with Crippen LogP contribution in [0.15, 0.2) is 12.1 Å². The highest BCUT2D eigenvalue weighted by atomic mass is 32.2. The average Bonchev–Trinajstić information content (AvgIpc) is 2.93. The first-order valence-electron chi connectivity index (χ1n) is 8.79. The number of halogens is 1. The molecule has 1 atom stereocenters. The smallest absolute Gasteiger partial charge is 0.314 e. The maximum atomic E-state index is 14.0. The molecular weight excluding hydrogens is 361 g/mol. The minimum Gasteiger partial charge on any atom is -0.426 e. The molecule has 1 aromatic carbocycles. The molecule has 0 saturated carbocycles. The van der Waals surface area contributed by atoms with E-state index in [4.69, 9.17) is 4.74 Å². The molecule has 1 fully saturated rings. The van der Waals surface area contributed by atoms with Crippen molar-refractivity contribution in [3.05, 3.63) is 29.1 Å². The second-order valence-electron chi connectivity index (χ2n) is 6.86. The van der Waals surface area contributed by atoms with E-state index in [1.165, 1.54) is 16.4 Å². The van der Waals surface area contributed by atoms with Crippen LogP contribution < -0.4 is 4.74 Å². The van der Waals surface area contributed by atoms with Gasteiger partial charge in [0.2, 0.25) is 10.0 Å². The number of esters is 1. The van der Waals surface area contributed by atoms with Gasteiger partial charge in [-0.1, -0.05) is 6.92 Å². The summed E-state index contributed by atoms with van der Waals surface area (Å²) in [6.45, 7) is 3.89. The Hall–Kier alpha value is -1.80. The first-order chi connectivity index (χ1) is 12.2. The molecule has 0 aromatic heterocycles. The highest BCUT2D eigenvalue weighted by Crippen LogP contribution is 2.40. The third-order valence-electron chi connectivity index (χ3n) is 5.17. The second kappa shape index (κ2) is 7.08. The number of Topliss-reactive ketones (excluding diaryl/α,β-unsaturated/α-hetero) is 1. The van der Waals surface area contributed by atoms with Crippen LogP contribution in [-0.2, 0) is 14.8 Å². The summed E-state index contributed by atoms with van der Waals surface area (Å²) in [7, 11) is -3.26. The molecule has 1 saturated heterocycles. The number of hydrogen-bond acceptors (Lipinski definition) is 5. The van der Waals surface area contributed by atoms with Gasteiger partial charge in [0.05, 0.1) is 17.2 Å². The predicted molar refractivity (Wildman–Crippen MR) is 93.2 cm³/mol. The lowest BCUT2D eigenvalue weighted by atomic mass is 9.98. The Kier molecular flexibility index (Phi) is 5.16. The summed E-state index contributed by atoms with van der Waals surface area (Å²) in [5.41, 5.74) is 0.473. The summed E-state index contributed by atoms with van der Waals surface area (Å²) in [6, 6.07) is 2.53. The van der Waals surface area contributed by atoms with Crippen molar-refractivity contribution in [3.8, 4) is 5.75 Å². The van der Waals surface area contributed by atoms with Gasteiger partial charge in [0.15, 0.2) is 5.78 Å². The van der Waals surface area contributed by atoms with Crippen molar-refractivity contribution in [2.24, 2.45) is 5.92 Å². The van der Waals surface area contributed by atoms with E-state index in [0.717, 1.165) is 0 Å². The standard InChI is InChI=1S/C18H22FNO5S/c1-3-26(23,24)20-8-6-12(7-9-20)18(22)25-15-5-4-13(19)16-11(2)10-14(21)17(15)16/h4-5,11-12H,3,6-10H2,1-2H3. The van der Waals surface area contributed by atoms with E-state index in [1.54, 1.807) is 13.8 Å². The molecule has 1 heterocycles. The molecule has 6 nitrogen and oxygen atoms in total. The number of nitrogens with zero attached hydrogens (tertiary/aromatic N) is 1. The zero-order valence-electron chi connectivity index (χ0n) is 14.8. The molecule has 1 unspecified atom stereocenters. The molecule has 1 aromatic rings. The van der Waals surface area contributed by atoms with E-state index in [-0.39, 0.29) is 48.3 Å². The van der Waals surface area contributed by atoms with Gasteiger partial charge in [0.25, 0.3) is 0 Å². The number of hydrogen-bond donors (Lipinski definition) is 0. The minimum absolute atomic E-state index is 0.0319. The van der Waals surface area contributed by atoms with Crippen molar-refractivity contribution in [2.45, 2.75) is 39.0 Å². The molecule has 0 radical (unpaired) electrons. The number of carbonyl (C=O) groups is 2. The molecule has 1 aliphatic heterocycles. The molecule has 2 aliphatic rings. The number of fused-ring (bicyclic) bond motifs is 1. The van der Waals surface area contributed by atoms with Crippen molar-refractivity contribution < 1.29 is 27.1 Å². The van der Waals surface area contributed by atoms with E-state index in [1.807, 2.05) is 0 Å². The summed E-state index contributed by atoms with van der Waals surface area (Å²) in [5, 5.41) is 0. The van der Waals surface area contributed by atoms with Crippen LogP contribution in [0, 0.1) is 11.7 Å². The van der Waals surface area contributed by atoms with Crippen molar-refractivity contribution in [2.75, 3.05) is 18.8 Å². The summed E-state index contributed by atoms with van der Waals surface area (Å²) in [4.78, 5) is 24.6. The van der Waals surface area contributed by atoms with Gasteiger partial charge < -0.3 is 4.74 Å². The maximum Gasteiger partial charge on any atom is 0.314 e. The minimum atomic E-state index is -3.26. The van der Waals surface area contributed by atoms with Crippen LogP contribution in [0.4, 0.5) is 4.39 Å². The lowest BCUT2D eigenvalue weighted by molar-refractivity contribution is -0.140. The van der Waals surface area contributed by atoms with E-state index in [2.05, 4.69) is 0 Å². The third-order valence-corrected chi connectivity index (χ3v) is 7.05. The zero-order chi connectivity index (χ0) is 19.1. The molecule has 8 heteroatoms. The average molecular weight is 383 g/mol. The number of sulfonamides is 1. The van der Waals surface area contributed by atoms with Crippen LogP contribution >= 0.6 is 0 Å². The quantitative estimate of drug-likeness (QED) is 0.589. The Morgan fingerprint density at radius 1 is 1.31 bits per heavy atom. The summed E-state index contributed by atoms with van der Waals surface area (Å²) in [6.07, 6.45) is 0.936. The van der Waals surface area contributed by atoms with Gasteiger partial charge >= 0.3 is 5.97 Å². The van der Waals surface area contributed by atoms with Crippen molar-refractivity contribution in [1.29, 1.82) is 0 Å². The van der Waals surface area contributed by atoms with E-state index < -0.39 is 27.7 Å². The highest BCUT2D eigenvalue weighted by molar-refractivity contribution is 7.89. The predicted octanol–water partition coefficient (Wildman–Crippen LogP) is 2.48. The van der Waals surface area contributed by atoms with Gasteiger partial charge in [-0.2, -0.15) is 0 Å². The van der Waals surface area contributed by atoms with Crippen LogP contribution in [0.5, 0.6) is 5.75 Å². The summed E-state index contributed by atoms with van der Waals surface area (Å²) < 4.78 is 44.6. The van der Waals surface area contributed by atoms with Gasteiger partial charge in [-0.3, -0.25) is 9.59 Å². The largest absolute Gasteiger partial charge is 0.426 e. The maximum absolute atomic E-state index is 14.0. The SMILES string of the molecule is CCS(=O)(=O)N1CCC(C(=O)Oc2ccc(F)c3c2C(=O)CC3C)CC1. The van der Waals surface area contributed by atoms with Gasteiger partial charge in [-0.05, 0) is 37.8 Å². The molecule has 3 rings (SSSR count). The molecule has 142 valence electrons. The number of rotatable bonds is 4. The third kappa shape index (κ3) is 3.40. The number of piperidine rings is 1. The second-order valence-corrected chi connectivity index (χ2v) is 9.12. The summed E-state index contributed by atoms with van der Waals surface area (Å²) >= 11 is 0. The number of carbonyl (C=O) groups excluding carboxylic acids is 2. The number of ether oxygens (including phenoxy) is 1. The van der Waals surface area contributed by atoms with E-state index >= 15 is 0 Å². The van der Waals surface area contributed by atoms with E-state index in [9.17, 15) is 22.4 Å². The first kappa shape index (κ1) is 19.0. The van der Waals surface area contributed by atoms with Crippen molar-refractivity contribution in [1.82, 2.24) is 4.31 Å². The molecule has 0 N–H and O–H groups in total. The first-order valence-corrected chi connectivity index (χ1v) is 10.4. The van der Waals surface area contributed by atoms with Crippen LogP contribution in [0.25, 0.3) is 0 Å². The fourth-order valence-corrected chi connectivity index (χ4v) is 4.79. The molecule has 0 bridgehead atoms. The highest BCUT2D eigenvalue weighted by Gasteiger charge is 2.35. The number of benzene rings is 1. The Bertz CT molecular complexity index is 843. The Morgan fingerprint density at radius 3 is 2.58 bits per heavy atom. The van der Waals surface area contributed by atoms with Gasteiger partial charge in [0, 0.05) is 25.1 Å². The van der Waals surface area contributed by atoms with Crippen LogP contribution in [0.1, 0.15) is 54.9 Å².